The Balaban J connectivity index is 2.12. The molecule has 1 saturated heterocycles. The van der Waals surface area contributed by atoms with Crippen molar-refractivity contribution >= 4 is 5.91 Å². The highest BCUT2D eigenvalue weighted by atomic mass is 16.2. The molecule has 2 rings (SSSR count). The van der Waals surface area contributed by atoms with Crippen molar-refractivity contribution in [1.82, 2.24) is 20.0 Å². The number of rotatable bonds is 2. The van der Waals surface area contributed by atoms with Gasteiger partial charge in [0, 0.05) is 26.8 Å². The van der Waals surface area contributed by atoms with Gasteiger partial charge in [0.05, 0.1) is 17.8 Å². The van der Waals surface area contributed by atoms with E-state index >= 15 is 0 Å². The van der Waals surface area contributed by atoms with Crippen molar-refractivity contribution in [3.05, 3.63) is 18.0 Å². The third-order valence-corrected chi connectivity index (χ3v) is 2.66. The Morgan fingerprint density at radius 3 is 3.07 bits per heavy atom. The lowest BCUT2D eigenvalue weighted by atomic mass is 10.2. The molecule has 0 aromatic carbocycles. The van der Waals surface area contributed by atoms with Crippen molar-refractivity contribution in [2.45, 2.75) is 12.5 Å². The van der Waals surface area contributed by atoms with Crippen LogP contribution in [0.4, 0.5) is 0 Å². The number of hydrogen-bond donors (Lipinski definition) is 1. The van der Waals surface area contributed by atoms with Crippen LogP contribution in [0.1, 0.15) is 22.8 Å². The van der Waals surface area contributed by atoms with Crippen molar-refractivity contribution in [2.24, 2.45) is 0 Å². The minimum absolute atomic E-state index is 0.00667. The average molecular weight is 208 g/mol. The van der Waals surface area contributed by atoms with Crippen molar-refractivity contribution in [3.8, 4) is 0 Å². The largest absolute Gasteiger partial charge is 0.345 e. The molecular weight excluding hydrogens is 192 g/mol. The zero-order valence-corrected chi connectivity index (χ0v) is 9.10. The molecule has 1 aliphatic rings. The van der Waals surface area contributed by atoms with Gasteiger partial charge >= 0.3 is 0 Å². The van der Waals surface area contributed by atoms with E-state index in [2.05, 4.69) is 10.4 Å². The Morgan fingerprint density at radius 1 is 1.67 bits per heavy atom. The third kappa shape index (κ3) is 2.02. The second kappa shape index (κ2) is 4.02. The zero-order valence-electron chi connectivity index (χ0n) is 9.10. The molecule has 1 amide bonds. The van der Waals surface area contributed by atoms with Gasteiger partial charge in [-0.3, -0.25) is 9.48 Å². The molecule has 1 fully saturated rings. The van der Waals surface area contributed by atoms with Crippen molar-refractivity contribution in [1.29, 1.82) is 0 Å². The molecule has 0 bridgehead atoms. The highest BCUT2D eigenvalue weighted by Gasteiger charge is 2.18. The molecule has 0 aliphatic carbocycles. The van der Waals surface area contributed by atoms with E-state index in [-0.39, 0.29) is 5.91 Å². The number of carbonyl (C=O) groups excluding carboxylic acids is 1. The lowest BCUT2D eigenvalue weighted by Crippen LogP contribution is -2.21. The molecule has 2 heterocycles. The predicted molar refractivity (Wildman–Crippen MR) is 56.8 cm³/mol. The summed E-state index contributed by atoms with van der Waals surface area (Å²) >= 11 is 0. The molecule has 0 radical (unpaired) electrons. The quantitative estimate of drug-likeness (QED) is 0.751. The summed E-state index contributed by atoms with van der Waals surface area (Å²) in [6, 6.07) is 0.397. The summed E-state index contributed by atoms with van der Waals surface area (Å²) in [6.07, 6.45) is 4.55. The molecule has 5 heteroatoms. The van der Waals surface area contributed by atoms with E-state index < -0.39 is 0 Å². The van der Waals surface area contributed by atoms with E-state index in [9.17, 15) is 4.79 Å². The van der Waals surface area contributed by atoms with Crippen LogP contribution in [0, 0.1) is 0 Å². The minimum Gasteiger partial charge on any atom is -0.345 e. The number of amides is 1. The minimum atomic E-state index is 0.00667. The van der Waals surface area contributed by atoms with E-state index in [0.29, 0.717) is 11.6 Å². The number of nitrogens with zero attached hydrogens (tertiary/aromatic N) is 3. The molecule has 15 heavy (non-hydrogen) atoms. The van der Waals surface area contributed by atoms with Crippen LogP contribution < -0.4 is 5.32 Å². The van der Waals surface area contributed by atoms with Gasteiger partial charge in [0.15, 0.2) is 0 Å². The molecule has 82 valence electrons. The Morgan fingerprint density at radius 2 is 2.47 bits per heavy atom. The molecule has 1 N–H and O–H groups in total. The molecule has 1 unspecified atom stereocenters. The maximum atomic E-state index is 11.6. The fourth-order valence-electron chi connectivity index (χ4n) is 1.77. The Hall–Kier alpha value is -1.36. The van der Waals surface area contributed by atoms with Crippen LogP contribution in [0.25, 0.3) is 0 Å². The maximum Gasteiger partial charge on any atom is 0.256 e. The lowest BCUT2D eigenvalue weighted by Gasteiger charge is -2.09. The normalized spacial score (nSPS) is 20.5. The SMILES string of the molecule is CN(C)C(=O)c1cnn(C2CCNC2)c1. The molecule has 1 aliphatic heterocycles. The lowest BCUT2D eigenvalue weighted by molar-refractivity contribution is 0.0827. The highest BCUT2D eigenvalue weighted by Crippen LogP contribution is 2.14. The van der Waals surface area contributed by atoms with Crippen LogP contribution in [0.2, 0.25) is 0 Å². The summed E-state index contributed by atoms with van der Waals surface area (Å²) in [4.78, 5) is 13.2. The summed E-state index contributed by atoms with van der Waals surface area (Å²) in [5, 5.41) is 7.51. The number of carbonyl (C=O) groups is 1. The zero-order chi connectivity index (χ0) is 10.8. The van der Waals surface area contributed by atoms with Gasteiger partial charge in [0.1, 0.15) is 0 Å². The first-order chi connectivity index (χ1) is 7.18. The van der Waals surface area contributed by atoms with Crippen LogP contribution in [-0.2, 0) is 0 Å². The van der Waals surface area contributed by atoms with Crippen molar-refractivity contribution in [3.63, 3.8) is 0 Å². The number of hydrogen-bond acceptors (Lipinski definition) is 3. The molecule has 0 spiro atoms. The summed E-state index contributed by atoms with van der Waals surface area (Å²) in [5.74, 6) is 0.00667. The van der Waals surface area contributed by atoms with E-state index in [1.165, 1.54) is 0 Å². The van der Waals surface area contributed by atoms with E-state index in [0.717, 1.165) is 19.5 Å². The fraction of sp³-hybridized carbons (Fsp3) is 0.600. The molecule has 1 aromatic rings. The van der Waals surface area contributed by atoms with E-state index in [1.54, 1.807) is 25.2 Å². The third-order valence-electron chi connectivity index (χ3n) is 2.66. The second-order valence-electron chi connectivity index (χ2n) is 4.06. The number of nitrogens with one attached hydrogen (secondary N) is 1. The fourth-order valence-corrected chi connectivity index (χ4v) is 1.77. The second-order valence-corrected chi connectivity index (χ2v) is 4.06. The van der Waals surface area contributed by atoms with Gasteiger partial charge in [-0.1, -0.05) is 0 Å². The Bertz CT molecular complexity index is 352. The van der Waals surface area contributed by atoms with Gasteiger partial charge in [0.25, 0.3) is 5.91 Å². The standard InChI is InChI=1S/C10H16N4O/c1-13(2)10(15)8-5-12-14(7-8)9-3-4-11-6-9/h5,7,9,11H,3-4,6H2,1-2H3. The van der Waals surface area contributed by atoms with Gasteiger partial charge in [-0.05, 0) is 13.0 Å². The number of aromatic nitrogens is 2. The van der Waals surface area contributed by atoms with E-state index in [1.807, 2.05) is 10.9 Å². The Kier molecular flexibility index (Phi) is 2.73. The molecule has 1 atom stereocenters. The van der Waals surface area contributed by atoms with Gasteiger partial charge in [-0.25, -0.2) is 0 Å². The predicted octanol–water partition coefficient (Wildman–Crippen LogP) is 0.119. The van der Waals surface area contributed by atoms with Gasteiger partial charge in [0.2, 0.25) is 0 Å². The summed E-state index contributed by atoms with van der Waals surface area (Å²) in [6.45, 7) is 1.97. The summed E-state index contributed by atoms with van der Waals surface area (Å²) in [7, 11) is 3.49. The van der Waals surface area contributed by atoms with Crippen LogP contribution in [-0.4, -0.2) is 47.8 Å². The first-order valence-electron chi connectivity index (χ1n) is 5.15. The van der Waals surface area contributed by atoms with Gasteiger partial charge < -0.3 is 10.2 Å². The monoisotopic (exact) mass is 208 g/mol. The van der Waals surface area contributed by atoms with Crippen LogP contribution in [0.15, 0.2) is 12.4 Å². The topological polar surface area (TPSA) is 50.2 Å². The maximum absolute atomic E-state index is 11.6. The molecule has 1 aromatic heterocycles. The summed E-state index contributed by atoms with van der Waals surface area (Å²) in [5.41, 5.74) is 0.659. The molecule has 5 nitrogen and oxygen atoms in total. The summed E-state index contributed by atoms with van der Waals surface area (Å²) < 4.78 is 1.89. The van der Waals surface area contributed by atoms with Crippen LogP contribution >= 0.6 is 0 Å². The Labute approximate surface area is 89.1 Å². The van der Waals surface area contributed by atoms with Crippen LogP contribution in [0.3, 0.4) is 0 Å². The smallest absolute Gasteiger partial charge is 0.256 e. The molecular formula is C10H16N4O. The van der Waals surface area contributed by atoms with E-state index in [4.69, 9.17) is 0 Å². The first-order valence-corrected chi connectivity index (χ1v) is 5.15. The average Bonchev–Trinajstić information content (AvgIpc) is 2.86. The van der Waals surface area contributed by atoms with Gasteiger partial charge in [-0.2, -0.15) is 5.10 Å². The highest BCUT2D eigenvalue weighted by molar-refractivity contribution is 5.93. The van der Waals surface area contributed by atoms with Gasteiger partial charge in [-0.15, -0.1) is 0 Å². The first kappa shape index (κ1) is 10.2. The van der Waals surface area contributed by atoms with Crippen molar-refractivity contribution in [2.75, 3.05) is 27.2 Å². The molecule has 0 saturated carbocycles. The van der Waals surface area contributed by atoms with Crippen LogP contribution in [0.5, 0.6) is 0 Å². The van der Waals surface area contributed by atoms with Crippen molar-refractivity contribution < 1.29 is 4.79 Å².